The van der Waals surface area contributed by atoms with Crippen molar-refractivity contribution in [1.82, 2.24) is 15.6 Å². The summed E-state index contributed by atoms with van der Waals surface area (Å²) in [6, 6.07) is 9.36. The maximum absolute atomic E-state index is 13.6. The summed E-state index contributed by atoms with van der Waals surface area (Å²) in [6.45, 7) is 6.54. The van der Waals surface area contributed by atoms with Crippen molar-refractivity contribution in [2.75, 3.05) is 0 Å². The predicted molar refractivity (Wildman–Crippen MR) is 139 cm³/mol. The number of hydrogen-bond acceptors (Lipinski definition) is 9. The van der Waals surface area contributed by atoms with E-state index in [9.17, 15) is 29.4 Å². The number of amides is 2. The summed E-state index contributed by atoms with van der Waals surface area (Å²) in [5.74, 6) is -4.88. The number of pyridine rings is 1. The molecule has 0 spiro atoms. The SMILES string of the molecule is CC(C)CC1OC(=O)[C@H](C)[C@H](O)[C@H](Cc2ccccc2)NC(=O)[C@@H](NC(=O)c2ncccc2O)[C@@H](C)OC1=O. The number of rotatable bonds is 6. The molecule has 11 heteroatoms. The number of nitrogens with zero attached hydrogens (tertiary/aromatic N) is 1. The molecule has 0 bridgehead atoms. The van der Waals surface area contributed by atoms with Gasteiger partial charge < -0.3 is 30.3 Å². The first-order chi connectivity index (χ1) is 18.5. The number of hydrogen-bond donors (Lipinski definition) is 4. The Kier molecular flexibility index (Phi) is 10.00. The minimum absolute atomic E-state index is 0.0458. The van der Waals surface area contributed by atoms with Gasteiger partial charge in [0, 0.05) is 6.20 Å². The molecule has 2 heterocycles. The zero-order chi connectivity index (χ0) is 28.7. The van der Waals surface area contributed by atoms with Crippen LogP contribution < -0.4 is 10.6 Å². The minimum atomic E-state index is -1.43. The number of aliphatic hydroxyl groups is 1. The second-order valence-corrected chi connectivity index (χ2v) is 10.1. The molecule has 0 saturated carbocycles. The number of esters is 2. The van der Waals surface area contributed by atoms with Gasteiger partial charge in [-0.25, -0.2) is 9.78 Å². The maximum Gasteiger partial charge on any atom is 0.347 e. The van der Waals surface area contributed by atoms with Crippen molar-refractivity contribution >= 4 is 23.8 Å². The van der Waals surface area contributed by atoms with Gasteiger partial charge in [-0.3, -0.25) is 14.4 Å². The lowest BCUT2D eigenvalue weighted by molar-refractivity contribution is -0.178. The molecule has 210 valence electrons. The molecule has 1 fully saturated rings. The molecule has 1 aliphatic heterocycles. The van der Waals surface area contributed by atoms with Crippen molar-refractivity contribution in [3.63, 3.8) is 0 Å². The molecule has 1 aromatic heterocycles. The molecule has 6 atom stereocenters. The summed E-state index contributed by atoms with van der Waals surface area (Å²) in [5, 5.41) is 26.4. The van der Waals surface area contributed by atoms with Gasteiger partial charge in [-0.2, -0.15) is 0 Å². The van der Waals surface area contributed by atoms with Gasteiger partial charge in [0.15, 0.2) is 11.8 Å². The van der Waals surface area contributed by atoms with Crippen LogP contribution in [0.15, 0.2) is 48.7 Å². The smallest absolute Gasteiger partial charge is 0.347 e. The molecule has 11 nitrogen and oxygen atoms in total. The summed E-state index contributed by atoms with van der Waals surface area (Å²) >= 11 is 0. The van der Waals surface area contributed by atoms with E-state index in [1.54, 1.807) is 12.1 Å². The predicted octanol–water partition coefficient (Wildman–Crippen LogP) is 1.51. The Morgan fingerprint density at radius 1 is 1.05 bits per heavy atom. The van der Waals surface area contributed by atoms with Crippen LogP contribution in [-0.2, 0) is 30.3 Å². The highest BCUT2D eigenvalue weighted by Crippen LogP contribution is 2.21. The maximum atomic E-state index is 13.6. The lowest BCUT2D eigenvalue weighted by atomic mass is 9.92. The second-order valence-electron chi connectivity index (χ2n) is 10.1. The van der Waals surface area contributed by atoms with E-state index in [0.717, 1.165) is 5.56 Å². The Hall–Kier alpha value is -3.99. The summed E-state index contributed by atoms with van der Waals surface area (Å²) in [5.41, 5.74) is 0.460. The average Bonchev–Trinajstić information content (AvgIpc) is 2.89. The van der Waals surface area contributed by atoms with Crippen LogP contribution in [0.25, 0.3) is 0 Å². The van der Waals surface area contributed by atoms with Crippen molar-refractivity contribution in [3.8, 4) is 5.75 Å². The van der Waals surface area contributed by atoms with Gasteiger partial charge in [0.1, 0.15) is 17.9 Å². The third-order valence-electron chi connectivity index (χ3n) is 6.47. The fourth-order valence-corrected chi connectivity index (χ4v) is 4.26. The van der Waals surface area contributed by atoms with Crippen LogP contribution in [0.5, 0.6) is 5.75 Å². The molecule has 0 aliphatic carbocycles. The largest absolute Gasteiger partial charge is 0.505 e. The van der Waals surface area contributed by atoms with Gasteiger partial charge in [0.05, 0.1) is 18.1 Å². The highest BCUT2D eigenvalue weighted by atomic mass is 16.6. The first-order valence-electron chi connectivity index (χ1n) is 12.9. The summed E-state index contributed by atoms with van der Waals surface area (Å²) in [4.78, 5) is 56.3. The van der Waals surface area contributed by atoms with Crippen molar-refractivity contribution in [2.45, 2.75) is 70.9 Å². The quantitative estimate of drug-likeness (QED) is 0.397. The van der Waals surface area contributed by atoms with Crippen LogP contribution >= 0.6 is 0 Å². The fourth-order valence-electron chi connectivity index (χ4n) is 4.26. The molecule has 39 heavy (non-hydrogen) atoms. The number of benzene rings is 1. The number of ether oxygens (including phenoxy) is 2. The van der Waals surface area contributed by atoms with E-state index in [2.05, 4.69) is 15.6 Å². The number of aromatic nitrogens is 1. The van der Waals surface area contributed by atoms with Crippen LogP contribution in [0, 0.1) is 11.8 Å². The number of cyclic esters (lactones) is 2. The topological polar surface area (TPSA) is 164 Å². The van der Waals surface area contributed by atoms with E-state index in [0.29, 0.717) is 0 Å². The molecule has 1 aromatic carbocycles. The van der Waals surface area contributed by atoms with E-state index in [1.165, 1.54) is 32.2 Å². The van der Waals surface area contributed by atoms with Gasteiger partial charge in [-0.15, -0.1) is 0 Å². The average molecular weight is 542 g/mol. The molecule has 1 unspecified atom stereocenters. The number of carbonyl (C=O) groups excluding carboxylic acids is 4. The van der Waals surface area contributed by atoms with Gasteiger partial charge in [-0.05, 0) is 50.3 Å². The van der Waals surface area contributed by atoms with E-state index in [4.69, 9.17) is 9.47 Å². The standard InChI is InChI=1S/C28H35N3O8/c1-15(2)13-21-28(37)38-17(4)22(31-26(35)23-20(32)11-8-12-29-23)25(34)30-19(14-18-9-6-5-7-10-18)24(33)16(3)27(36)39-21/h5-12,15-17,19,21-22,24,32-33H,13-14H2,1-4H3,(H,30,34)(H,31,35)/t16-,17-,19+,21?,22+,24+/m1/s1. The Bertz CT molecular complexity index is 1170. The Morgan fingerprint density at radius 3 is 2.38 bits per heavy atom. The van der Waals surface area contributed by atoms with Crippen LogP contribution in [0.3, 0.4) is 0 Å². The van der Waals surface area contributed by atoms with Crippen LogP contribution in [0.4, 0.5) is 0 Å². The zero-order valence-electron chi connectivity index (χ0n) is 22.4. The van der Waals surface area contributed by atoms with Crippen molar-refractivity contribution < 1.29 is 38.9 Å². The van der Waals surface area contributed by atoms with E-state index in [-0.39, 0.29) is 24.5 Å². The Labute approximate surface area is 226 Å². The normalized spacial score (nSPS) is 26.5. The highest BCUT2D eigenvalue weighted by Gasteiger charge is 2.40. The molecular weight excluding hydrogens is 506 g/mol. The van der Waals surface area contributed by atoms with E-state index in [1.807, 2.05) is 32.0 Å². The van der Waals surface area contributed by atoms with E-state index < -0.39 is 65.8 Å². The highest BCUT2D eigenvalue weighted by molar-refractivity contribution is 5.98. The first-order valence-corrected chi connectivity index (χ1v) is 12.9. The third-order valence-corrected chi connectivity index (χ3v) is 6.47. The molecular formula is C28H35N3O8. The summed E-state index contributed by atoms with van der Waals surface area (Å²) in [7, 11) is 0. The summed E-state index contributed by atoms with van der Waals surface area (Å²) < 4.78 is 11.0. The van der Waals surface area contributed by atoms with Crippen LogP contribution in [-0.4, -0.2) is 69.3 Å². The van der Waals surface area contributed by atoms with Gasteiger partial charge in [0.2, 0.25) is 5.91 Å². The molecule has 1 aliphatic rings. The molecule has 2 aromatic rings. The molecule has 2 amide bonds. The van der Waals surface area contributed by atoms with Crippen LogP contribution in [0.1, 0.15) is 50.2 Å². The van der Waals surface area contributed by atoms with Crippen molar-refractivity contribution in [1.29, 1.82) is 0 Å². The van der Waals surface area contributed by atoms with Crippen molar-refractivity contribution in [2.24, 2.45) is 11.8 Å². The monoisotopic (exact) mass is 541 g/mol. The molecule has 0 radical (unpaired) electrons. The number of carbonyl (C=O) groups is 4. The zero-order valence-corrected chi connectivity index (χ0v) is 22.4. The van der Waals surface area contributed by atoms with Crippen molar-refractivity contribution in [3.05, 3.63) is 59.9 Å². The Morgan fingerprint density at radius 2 is 1.74 bits per heavy atom. The number of nitrogens with one attached hydrogen (secondary N) is 2. The lowest BCUT2D eigenvalue weighted by Gasteiger charge is -2.33. The molecule has 1 saturated heterocycles. The van der Waals surface area contributed by atoms with Gasteiger partial charge >= 0.3 is 11.9 Å². The lowest BCUT2D eigenvalue weighted by Crippen LogP contribution is -2.59. The second kappa shape index (κ2) is 13.2. The number of aliphatic hydroxyl groups excluding tert-OH is 1. The van der Waals surface area contributed by atoms with Crippen LogP contribution in [0.2, 0.25) is 0 Å². The summed E-state index contributed by atoms with van der Waals surface area (Å²) in [6.07, 6.45) is -2.26. The first kappa shape index (κ1) is 29.6. The minimum Gasteiger partial charge on any atom is -0.505 e. The van der Waals surface area contributed by atoms with Gasteiger partial charge in [0.25, 0.3) is 5.91 Å². The third kappa shape index (κ3) is 7.76. The van der Waals surface area contributed by atoms with E-state index >= 15 is 0 Å². The molecule has 3 rings (SSSR count). The Balaban J connectivity index is 1.99. The molecule has 4 N–H and O–H groups in total. The number of aromatic hydroxyl groups is 1. The van der Waals surface area contributed by atoms with Gasteiger partial charge in [-0.1, -0.05) is 44.2 Å². The fraction of sp³-hybridized carbons (Fsp3) is 0.464.